The molecule has 1 aliphatic carbocycles. The molecule has 0 bridgehead atoms. The van der Waals surface area contributed by atoms with E-state index in [1.165, 1.54) is 24.8 Å². The Balaban J connectivity index is 1.81. The summed E-state index contributed by atoms with van der Waals surface area (Å²) < 4.78 is 5.37. The van der Waals surface area contributed by atoms with Crippen LogP contribution in [-0.4, -0.2) is 5.16 Å². The van der Waals surface area contributed by atoms with E-state index in [-0.39, 0.29) is 0 Å². The van der Waals surface area contributed by atoms with Crippen LogP contribution in [0.4, 0.5) is 0 Å². The summed E-state index contributed by atoms with van der Waals surface area (Å²) in [6.45, 7) is 2.20. The van der Waals surface area contributed by atoms with Crippen molar-refractivity contribution >= 4 is 0 Å². The van der Waals surface area contributed by atoms with E-state index in [0.29, 0.717) is 5.92 Å². The van der Waals surface area contributed by atoms with Gasteiger partial charge in [0.05, 0.1) is 0 Å². The van der Waals surface area contributed by atoms with Crippen molar-refractivity contribution in [3.63, 3.8) is 0 Å². The van der Waals surface area contributed by atoms with Crippen LogP contribution in [0, 0.1) is 0 Å². The highest BCUT2D eigenvalue weighted by Gasteiger charge is 2.27. The topological polar surface area (TPSA) is 26.0 Å². The van der Waals surface area contributed by atoms with Crippen LogP contribution in [0.2, 0.25) is 0 Å². The number of hydrogen-bond donors (Lipinski definition) is 0. The minimum Gasteiger partial charge on any atom is -0.360 e. The number of aromatic nitrogens is 1. The molecule has 1 heterocycles. The molecule has 88 valence electrons. The Hall–Kier alpha value is -1.57. The summed E-state index contributed by atoms with van der Waals surface area (Å²) in [5.74, 6) is 1.69. The van der Waals surface area contributed by atoms with Gasteiger partial charge in [0.25, 0.3) is 0 Å². The predicted octanol–water partition coefficient (Wildman–Crippen LogP) is 4.17. The SMILES string of the molecule is CCCc1ccc(-c2cc(C3CC3)on2)cc1. The first-order valence-corrected chi connectivity index (χ1v) is 6.42. The molecule has 0 atom stereocenters. The first kappa shape index (κ1) is 10.6. The molecular formula is C15H17NO. The number of rotatable bonds is 4. The molecule has 0 radical (unpaired) electrons. The molecule has 1 saturated carbocycles. The van der Waals surface area contributed by atoms with Gasteiger partial charge in [-0.05, 0) is 24.8 Å². The van der Waals surface area contributed by atoms with Crippen molar-refractivity contribution in [2.45, 2.75) is 38.5 Å². The molecule has 0 amide bonds. The van der Waals surface area contributed by atoms with Gasteiger partial charge in [0.1, 0.15) is 11.5 Å². The minimum absolute atomic E-state index is 0.635. The average molecular weight is 227 g/mol. The molecule has 0 spiro atoms. The van der Waals surface area contributed by atoms with Crippen LogP contribution in [0.25, 0.3) is 11.3 Å². The molecule has 0 aliphatic heterocycles. The van der Waals surface area contributed by atoms with Gasteiger partial charge in [0.15, 0.2) is 0 Å². The van der Waals surface area contributed by atoms with Gasteiger partial charge in [-0.25, -0.2) is 0 Å². The van der Waals surface area contributed by atoms with Crippen molar-refractivity contribution in [3.8, 4) is 11.3 Å². The van der Waals surface area contributed by atoms with Gasteiger partial charge in [-0.15, -0.1) is 0 Å². The summed E-state index contributed by atoms with van der Waals surface area (Å²) in [4.78, 5) is 0. The summed E-state index contributed by atoms with van der Waals surface area (Å²) in [5.41, 5.74) is 3.51. The molecule has 2 aromatic rings. The van der Waals surface area contributed by atoms with E-state index in [0.717, 1.165) is 23.4 Å². The fourth-order valence-electron chi connectivity index (χ4n) is 2.12. The Morgan fingerprint density at radius 3 is 2.65 bits per heavy atom. The molecule has 0 unspecified atom stereocenters. The van der Waals surface area contributed by atoms with E-state index in [1.54, 1.807) is 0 Å². The Morgan fingerprint density at radius 2 is 2.00 bits per heavy atom. The van der Waals surface area contributed by atoms with Crippen LogP contribution in [0.5, 0.6) is 0 Å². The largest absolute Gasteiger partial charge is 0.360 e. The number of hydrogen-bond acceptors (Lipinski definition) is 2. The lowest BCUT2D eigenvalue weighted by atomic mass is 10.1. The molecule has 17 heavy (non-hydrogen) atoms. The zero-order valence-electron chi connectivity index (χ0n) is 10.1. The van der Waals surface area contributed by atoms with Crippen LogP contribution in [0.15, 0.2) is 34.9 Å². The highest BCUT2D eigenvalue weighted by Crippen LogP contribution is 2.41. The Bertz CT molecular complexity index is 494. The molecule has 0 saturated heterocycles. The van der Waals surface area contributed by atoms with Gasteiger partial charge in [-0.2, -0.15) is 0 Å². The lowest BCUT2D eigenvalue weighted by molar-refractivity contribution is 0.386. The van der Waals surface area contributed by atoms with Crippen LogP contribution in [-0.2, 0) is 6.42 Å². The van der Waals surface area contributed by atoms with Gasteiger partial charge < -0.3 is 4.52 Å². The van der Waals surface area contributed by atoms with Crippen molar-refractivity contribution in [1.29, 1.82) is 0 Å². The Labute approximate surface area is 102 Å². The maximum atomic E-state index is 5.37. The highest BCUT2D eigenvalue weighted by atomic mass is 16.5. The first-order valence-electron chi connectivity index (χ1n) is 6.42. The number of benzene rings is 1. The van der Waals surface area contributed by atoms with Crippen molar-refractivity contribution in [3.05, 3.63) is 41.7 Å². The van der Waals surface area contributed by atoms with Gasteiger partial charge in [-0.1, -0.05) is 42.8 Å². The van der Waals surface area contributed by atoms with Crippen LogP contribution >= 0.6 is 0 Å². The fraction of sp³-hybridized carbons (Fsp3) is 0.400. The second-order valence-electron chi connectivity index (χ2n) is 4.84. The summed E-state index contributed by atoms with van der Waals surface area (Å²) in [6.07, 6.45) is 4.84. The van der Waals surface area contributed by atoms with E-state index >= 15 is 0 Å². The van der Waals surface area contributed by atoms with Gasteiger partial charge in [-0.3, -0.25) is 0 Å². The van der Waals surface area contributed by atoms with E-state index in [4.69, 9.17) is 4.52 Å². The minimum atomic E-state index is 0.635. The smallest absolute Gasteiger partial charge is 0.140 e. The Kier molecular flexibility index (Phi) is 2.71. The summed E-state index contributed by atoms with van der Waals surface area (Å²) in [5, 5.41) is 4.15. The normalized spacial score (nSPS) is 15.1. The maximum Gasteiger partial charge on any atom is 0.140 e. The predicted molar refractivity (Wildman–Crippen MR) is 67.9 cm³/mol. The second kappa shape index (κ2) is 4.36. The average Bonchev–Trinajstić information content (AvgIpc) is 3.09. The Morgan fingerprint density at radius 1 is 1.24 bits per heavy atom. The molecule has 1 aliphatic rings. The van der Waals surface area contributed by atoms with Crippen molar-refractivity contribution in [2.75, 3.05) is 0 Å². The van der Waals surface area contributed by atoms with E-state index in [2.05, 4.69) is 42.4 Å². The quantitative estimate of drug-likeness (QED) is 0.783. The van der Waals surface area contributed by atoms with Gasteiger partial charge >= 0.3 is 0 Å². The zero-order valence-corrected chi connectivity index (χ0v) is 10.1. The summed E-state index contributed by atoms with van der Waals surface area (Å²) in [7, 11) is 0. The summed E-state index contributed by atoms with van der Waals surface area (Å²) in [6, 6.07) is 10.7. The second-order valence-corrected chi connectivity index (χ2v) is 4.84. The molecular weight excluding hydrogens is 210 g/mol. The molecule has 0 N–H and O–H groups in total. The molecule has 3 rings (SSSR count). The van der Waals surface area contributed by atoms with E-state index < -0.39 is 0 Å². The monoisotopic (exact) mass is 227 g/mol. The molecule has 1 aromatic carbocycles. The maximum absolute atomic E-state index is 5.37. The van der Waals surface area contributed by atoms with E-state index in [9.17, 15) is 0 Å². The molecule has 2 heteroatoms. The first-order chi connectivity index (χ1) is 8.36. The fourth-order valence-corrected chi connectivity index (χ4v) is 2.12. The lowest BCUT2D eigenvalue weighted by Gasteiger charge is -1.99. The summed E-state index contributed by atoms with van der Waals surface area (Å²) >= 11 is 0. The van der Waals surface area contributed by atoms with Crippen molar-refractivity contribution in [1.82, 2.24) is 5.16 Å². The van der Waals surface area contributed by atoms with Crippen molar-refractivity contribution < 1.29 is 4.52 Å². The third-order valence-corrected chi connectivity index (χ3v) is 3.30. The van der Waals surface area contributed by atoms with Gasteiger partial charge in [0.2, 0.25) is 0 Å². The lowest BCUT2D eigenvalue weighted by Crippen LogP contribution is -1.83. The number of aryl methyl sites for hydroxylation is 1. The third kappa shape index (κ3) is 2.26. The van der Waals surface area contributed by atoms with Gasteiger partial charge in [0, 0.05) is 17.5 Å². The standard InChI is InChI=1S/C15H17NO/c1-2-3-11-4-6-12(7-5-11)14-10-15(17-16-14)13-8-9-13/h4-7,10,13H,2-3,8-9H2,1H3. The number of nitrogens with zero attached hydrogens (tertiary/aromatic N) is 1. The van der Waals surface area contributed by atoms with Crippen LogP contribution in [0.1, 0.15) is 43.4 Å². The van der Waals surface area contributed by atoms with Crippen LogP contribution < -0.4 is 0 Å². The zero-order chi connectivity index (χ0) is 11.7. The van der Waals surface area contributed by atoms with Crippen LogP contribution in [0.3, 0.4) is 0 Å². The van der Waals surface area contributed by atoms with Crippen molar-refractivity contribution in [2.24, 2.45) is 0 Å². The molecule has 2 nitrogen and oxygen atoms in total. The third-order valence-electron chi connectivity index (χ3n) is 3.30. The van der Waals surface area contributed by atoms with E-state index in [1.807, 2.05) is 0 Å². The highest BCUT2D eigenvalue weighted by molar-refractivity contribution is 5.59. The molecule has 1 fully saturated rings. The molecule has 1 aromatic heterocycles.